The van der Waals surface area contributed by atoms with Crippen molar-refractivity contribution in [3.63, 3.8) is 0 Å². The highest BCUT2D eigenvalue weighted by Gasteiger charge is 2.52. The van der Waals surface area contributed by atoms with E-state index in [2.05, 4.69) is 0 Å². The molecule has 2 aliphatic rings. The monoisotopic (exact) mass is 243 g/mol. The molecule has 0 unspecified atom stereocenters. The summed E-state index contributed by atoms with van der Waals surface area (Å²) in [6, 6.07) is -0.0279. The highest BCUT2D eigenvalue weighted by atomic mass is 16.6. The number of rotatable bonds is 1. The van der Waals surface area contributed by atoms with Crippen molar-refractivity contribution in [1.82, 2.24) is 4.90 Å². The molecule has 98 valence electrons. The number of carbonyl (C=O) groups excluding carboxylic acids is 1. The summed E-state index contributed by atoms with van der Waals surface area (Å²) in [4.78, 5) is 13.8. The Morgan fingerprint density at radius 1 is 1.35 bits per heavy atom. The lowest BCUT2D eigenvalue weighted by atomic mass is 10.1. The fourth-order valence-electron chi connectivity index (χ4n) is 2.05. The van der Waals surface area contributed by atoms with Crippen LogP contribution in [0.5, 0.6) is 0 Å². The Bertz CT molecular complexity index is 317. The molecule has 2 aliphatic heterocycles. The summed E-state index contributed by atoms with van der Waals surface area (Å²) in [5.74, 6) is 0. The topological polar surface area (TPSA) is 51.3 Å². The molecule has 5 nitrogen and oxygen atoms in total. The predicted molar refractivity (Wildman–Crippen MR) is 61.6 cm³/mol. The standard InChI is InChI=1S/C12H21NO4/c1-11(2,3)17-10(14)13-8(9-7-15-9)6-16-12(13,4)5/h8-9H,6-7H2,1-5H3/t8-,9+/m0/s1. The Balaban J connectivity index is 2.11. The number of nitrogens with zero attached hydrogens (tertiary/aromatic N) is 1. The van der Waals surface area contributed by atoms with E-state index in [1.807, 2.05) is 34.6 Å². The molecule has 2 atom stereocenters. The largest absolute Gasteiger partial charge is 0.444 e. The van der Waals surface area contributed by atoms with Gasteiger partial charge in [-0.3, -0.25) is 4.90 Å². The summed E-state index contributed by atoms with van der Waals surface area (Å²) in [7, 11) is 0. The van der Waals surface area contributed by atoms with Crippen LogP contribution in [0.4, 0.5) is 4.79 Å². The Kier molecular flexibility index (Phi) is 2.86. The minimum Gasteiger partial charge on any atom is -0.444 e. The number of epoxide rings is 1. The summed E-state index contributed by atoms with van der Waals surface area (Å²) in [5.41, 5.74) is -1.12. The van der Waals surface area contributed by atoms with Gasteiger partial charge >= 0.3 is 6.09 Å². The number of ether oxygens (including phenoxy) is 3. The molecular formula is C12H21NO4. The lowest BCUT2D eigenvalue weighted by Gasteiger charge is -2.34. The number of hydrogen-bond donors (Lipinski definition) is 0. The van der Waals surface area contributed by atoms with Gasteiger partial charge in [-0.05, 0) is 34.6 Å². The normalized spacial score (nSPS) is 31.5. The molecule has 0 saturated carbocycles. The lowest BCUT2D eigenvalue weighted by Crippen LogP contribution is -2.51. The molecule has 2 heterocycles. The minimum absolute atomic E-state index is 0.0279. The fraction of sp³-hybridized carbons (Fsp3) is 0.917. The summed E-state index contributed by atoms with van der Waals surface area (Å²) in [6.07, 6.45) is -0.232. The zero-order chi connectivity index (χ0) is 12.8. The van der Waals surface area contributed by atoms with Crippen LogP contribution in [0, 0.1) is 0 Å². The van der Waals surface area contributed by atoms with Crippen LogP contribution in [0.25, 0.3) is 0 Å². The van der Waals surface area contributed by atoms with E-state index in [0.717, 1.165) is 0 Å². The molecule has 0 aromatic rings. The first-order chi connectivity index (χ1) is 7.71. The van der Waals surface area contributed by atoms with Gasteiger partial charge in [0.25, 0.3) is 0 Å². The second kappa shape index (κ2) is 3.85. The average Bonchev–Trinajstić information content (AvgIpc) is 2.87. The van der Waals surface area contributed by atoms with E-state index in [0.29, 0.717) is 13.2 Å². The van der Waals surface area contributed by atoms with Crippen molar-refractivity contribution >= 4 is 6.09 Å². The highest BCUT2D eigenvalue weighted by Crippen LogP contribution is 2.34. The van der Waals surface area contributed by atoms with E-state index < -0.39 is 11.3 Å². The molecule has 0 aromatic carbocycles. The zero-order valence-corrected chi connectivity index (χ0v) is 11.1. The van der Waals surface area contributed by atoms with Gasteiger partial charge in [0, 0.05) is 0 Å². The van der Waals surface area contributed by atoms with Crippen molar-refractivity contribution in [2.45, 2.75) is 58.1 Å². The molecular weight excluding hydrogens is 222 g/mol. The van der Waals surface area contributed by atoms with E-state index in [-0.39, 0.29) is 18.2 Å². The Morgan fingerprint density at radius 3 is 2.41 bits per heavy atom. The minimum atomic E-state index is -0.626. The molecule has 0 bridgehead atoms. The van der Waals surface area contributed by atoms with Crippen LogP contribution in [0.3, 0.4) is 0 Å². The number of carbonyl (C=O) groups is 1. The van der Waals surface area contributed by atoms with Crippen LogP contribution in [0.15, 0.2) is 0 Å². The second-order valence-corrected chi connectivity index (χ2v) is 6.05. The van der Waals surface area contributed by atoms with Gasteiger partial charge in [-0.15, -0.1) is 0 Å². The summed E-state index contributed by atoms with van der Waals surface area (Å²) in [6.45, 7) is 10.5. The van der Waals surface area contributed by atoms with Crippen LogP contribution < -0.4 is 0 Å². The molecule has 0 N–H and O–H groups in total. The van der Waals surface area contributed by atoms with E-state index in [1.54, 1.807) is 4.90 Å². The third-order valence-corrected chi connectivity index (χ3v) is 2.90. The van der Waals surface area contributed by atoms with Gasteiger partial charge in [-0.2, -0.15) is 0 Å². The highest BCUT2D eigenvalue weighted by molar-refractivity contribution is 5.70. The molecule has 0 spiro atoms. The second-order valence-electron chi connectivity index (χ2n) is 6.05. The first kappa shape index (κ1) is 12.6. The molecule has 0 aromatic heterocycles. The SMILES string of the molecule is CC(C)(C)OC(=O)N1[C@H]([C@H]2CO2)COC1(C)C. The van der Waals surface area contributed by atoms with Gasteiger partial charge in [0.05, 0.1) is 19.3 Å². The van der Waals surface area contributed by atoms with Crippen molar-refractivity contribution in [2.75, 3.05) is 13.2 Å². The maximum atomic E-state index is 12.2. The Labute approximate surface area is 102 Å². The van der Waals surface area contributed by atoms with E-state index in [1.165, 1.54) is 0 Å². The number of amides is 1. The van der Waals surface area contributed by atoms with E-state index >= 15 is 0 Å². The van der Waals surface area contributed by atoms with Gasteiger partial charge in [0.2, 0.25) is 0 Å². The van der Waals surface area contributed by atoms with Gasteiger partial charge in [0.1, 0.15) is 17.4 Å². The third kappa shape index (κ3) is 2.72. The van der Waals surface area contributed by atoms with Crippen molar-refractivity contribution in [3.8, 4) is 0 Å². The lowest BCUT2D eigenvalue weighted by molar-refractivity contribution is -0.0632. The van der Waals surface area contributed by atoms with Gasteiger partial charge in [-0.25, -0.2) is 4.79 Å². The van der Waals surface area contributed by atoms with Crippen LogP contribution >= 0.6 is 0 Å². The molecule has 2 rings (SSSR count). The molecule has 0 aliphatic carbocycles. The zero-order valence-electron chi connectivity index (χ0n) is 11.1. The summed E-state index contributed by atoms with van der Waals surface area (Å²) in [5, 5.41) is 0. The molecule has 17 heavy (non-hydrogen) atoms. The van der Waals surface area contributed by atoms with Crippen LogP contribution in [0.2, 0.25) is 0 Å². The maximum absolute atomic E-state index is 12.2. The first-order valence-corrected chi connectivity index (χ1v) is 5.98. The molecule has 2 fully saturated rings. The third-order valence-electron chi connectivity index (χ3n) is 2.90. The van der Waals surface area contributed by atoms with Crippen molar-refractivity contribution in [3.05, 3.63) is 0 Å². The average molecular weight is 243 g/mol. The van der Waals surface area contributed by atoms with Gasteiger partial charge < -0.3 is 14.2 Å². The van der Waals surface area contributed by atoms with Crippen LogP contribution in [-0.4, -0.2) is 47.7 Å². The summed E-state index contributed by atoms with van der Waals surface area (Å²) >= 11 is 0. The molecule has 0 radical (unpaired) electrons. The van der Waals surface area contributed by atoms with Crippen molar-refractivity contribution in [1.29, 1.82) is 0 Å². The summed E-state index contributed by atoms with van der Waals surface area (Å²) < 4.78 is 16.3. The van der Waals surface area contributed by atoms with E-state index in [4.69, 9.17) is 14.2 Å². The van der Waals surface area contributed by atoms with E-state index in [9.17, 15) is 4.79 Å². The number of hydrogen-bond acceptors (Lipinski definition) is 4. The Morgan fingerprint density at radius 2 is 1.94 bits per heavy atom. The van der Waals surface area contributed by atoms with Gasteiger partial charge in [-0.1, -0.05) is 0 Å². The Hall–Kier alpha value is -0.810. The van der Waals surface area contributed by atoms with Gasteiger partial charge in [0.15, 0.2) is 0 Å². The first-order valence-electron chi connectivity index (χ1n) is 5.98. The molecule has 2 saturated heterocycles. The smallest absolute Gasteiger partial charge is 0.412 e. The quantitative estimate of drug-likeness (QED) is 0.658. The maximum Gasteiger partial charge on any atom is 0.412 e. The van der Waals surface area contributed by atoms with Crippen molar-refractivity contribution < 1.29 is 19.0 Å². The molecule has 5 heteroatoms. The molecule has 1 amide bonds. The predicted octanol–water partition coefficient (Wildman–Crippen LogP) is 1.76. The van der Waals surface area contributed by atoms with Crippen LogP contribution in [0.1, 0.15) is 34.6 Å². The van der Waals surface area contributed by atoms with Crippen molar-refractivity contribution in [2.24, 2.45) is 0 Å². The fourth-order valence-corrected chi connectivity index (χ4v) is 2.05. The van der Waals surface area contributed by atoms with Crippen LogP contribution in [-0.2, 0) is 14.2 Å².